The molecule has 3 atom stereocenters. The molecule has 0 spiro atoms. The Kier molecular flexibility index (Phi) is 4.33. The Labute approximate surface area is 141 Å². The third kappa shape index (κ3) is 2.63. The number of hydrogen-bond donors (Lipinski definition) is 0. The standard InChI is InChI=1S/C18H23NO5/c1-2-21-17-13-6-7-15(17)22-9-8-19(13)18(20)12-4-3-5-14-16(12)24-11-10-23-14/h3-5,13,15,17H,2,6-11H2,1H3. The van der Waals surface area contributed by atoms with E-state index in [2.05, 4.69) is 0 Å². The third-order valence-electron chi connectivity index (χ3n) is 4.97. The van der Waals surface area contributed by atoms with Crippen LogP contribution in [0.2, 0.25) is 0 Å². The van der Waals surface area contributed by atoms with Gasteiger partial charge in [-0.2, -0.15) is 0 Å². The molecule has 2 fully saturated rings. The first-order valence-electron chi connectivity index (χ1n) is 8.72. The van der Waals surface area contributed by atoms with E-state index in [1.54, 1.807) is 0 Å². The number of benzene rings is 1. The highest BCUT2D eigenvalue weighted by Crippen LogP contribution is 2.37. The molecular weight excluding hydrogens is 310 g/mol. The average molecular weight is 333 g/mol. The molecule has 2 aliphatic heterocycles. The molecule has 0 aromatic heterocycles. The molecule has 2 bridgehead atoms. The molecule has 2 heterocycles. The normalized spacial score (nSPS) is 28.5. The Bertz CT molecular complexity index is 619. The predicted molar refractivity (Wildman–Crippen MR) is 86.6 cm³/mol. The molecule has 1 saturated carbocycles. The molecule has 4 rings (SSSR count). The van der Waals surface area contributed by atoms with Crippen molar-refractivity contribution in [2.45, 2.75) is 38.0 Å². The summed E-state index contributed by atoms with van der Waals surface area (Å²) in [6, 6.07) is 5.55. The zero-order valence-corrected chi connectivity index (χ0v) is 13.9. The summed E-state index contributed by atoms with van der Waals surface area (Å²) in [7, 11) is 0. The second-order valence-electron chi connectivity index (χ2n) is 6.30. The number of para-hydroxylation sites is 1. The largest absolute Gasteiger partial charge is 0.486 e. The van der Waals surface area contributed by atoms with Gasteiger partial charge in [-0.1, -0.05) is 6.07 Å². The van der Waals surface area contributed by atoms with Gasteiger partial charge in [0.1, 0.15) is 19.3 Å². The number of amides is 1. The van der Waals surface area contributed by atoms with Crippen LogP contribution >= 0.6 is 0 Å². The molecule has 3 aliphatic rings. The van der Waals surface area contributed by atoms with Crippen LogP contribution in [0.5, 0.6) is 11.5 Å². The molecule has 1 aromatic carbocycles. The smallest absolute Gasteiger partial charge is 0.258 e. The highest BCUT2D eigenvalue weighted by Gasteiger charge is 2.45. The van der Waals surface area contributed by atoms with Gasteiger partial charge in [0.25, 0.3) is 5.91 Å². The zero-order valence-electron chi connectivity index (χ0n) is 13.9. The fourth-order valence-corrected chi connectivity index (χ4v) is 3.95. The summed E-state index contributed by atoms with van der Waals surface area (Å²) in [6.45, 7) is 4.71. The Morgan fingerprint density at radius 1 is 1.25 bits per heavy atom. The van der Waals surface area contributed by atoms with Gasteiger partial charge < -0.3 is 23.8 Å². The van der Waals surface area contributed by atoms with E-state index in [0.717, 1.165) is 12.8 Å². The van der Waals surface area contributed by atoms with Crippen LogP contribution in [0.25, 0.3) is 0 Å². The first kappa shape index (κ1) is 15.7. The van der Waals surface area contributed by atoms with Crippen molar-refractivity contribution in [2.75, 3.05) is 33.0 Å². The van der Waals surface area contributed by atoms with Gasteiger partial charge in [-0.15, -0.1) is 0 Å². The highest BCUT2D eigenvalue weighted by molar-refractivity contribution is 5.98. The van der Waals surface area contributed by atoms with Crippen molar-refractivity contribution >= 4 is 5.91 Å². The summed E-state index contributed by atoms with van der Waals surface area (Å²) in [4.78, 5) is 15.1. The fourth-order valence-electron chi connectivity index (χ4n) is 3.95. The maximum Gasteiger partial charge on any atom is 0.258 e. The van der Waals surface area contributed by atoms with Gasteiger partial charge in [0.15, 0.2) is 11.5 Å². The van der Waals surface area contributed by atoms with E-state index < -0.39 is 0 Å². The average Bonchev–Trinajstić information content (AvgIpc) is 2.90. The van der Waals surface area contributed by atoms with Gasteiger partial charge in [-0.05, 0) is 31.9 Å². The number of carbonyl (C=O) groups is 1. The second kappa shape index (κ2) is 6.61. The van der Waals surface area contributed by atoms with Crippen LogP contribution in [0.1, 0.15) is 30.1 Å². The van der Waals surface area contributed by atoms with Crippen LogP contribution in [0.4, 0.5) is 0 Å². The van der Waals surface area contributed by atoms with Crippen LogP contribution < -0.4 is 9.47 Å². The van der Waals surface area contributed by atoms with E-state index in [-0.39, 0.29) is 24.2 Å². The second-order valence-corrected chi connectivity index (χ2v) is 6.30. The molecule has 130 valence electrons. The minimum Gasteiger partial charge on any atom is -0.486 e. The van der Waals surface area contributed by atoms with Crippen molar-refractivity contribution < 1.29 is 23.7 Å². The lowest BCUT2D eigenvalue weighted by Crippen LogP contribution is -2.46. The number of carbonyl (C=O) groups excluding carboxylic acids is 1. The summed E-state index contributed by atoms with van der Waals surface area (Å²) in [5, 5.41) is 0. The molecular formula is C18H23NO5. The minimum absolute atomic E-state index is 0.0294. The molecule has 6 nitrogen and oxygen atoms in total. The summed E-state index contributed by atoms with van der Waals surface area (Å²) in [5.74, 6) is 1.17. The lowest BCUT2D eigenvalue weighted by molar-refractivity contribution is -0.0484. The SMILES string of the molecule is CCOC1C2CCC1N(C(=O)c1cccc3c1OCCO3)CCO2. The van der Waals surface area contributed by atoms with Crippen molar-refractivity contribution in [3.8, 4) is 11.5 Å². The molecule has 0 radical (unpaired) electrons. The maximum atomic E-state index is 13.2. The number of hydrogen-bond acceptors (Lipinski definition) is 5. The van der Waals surface area contributed by atoms with Crippen LogP contribution in [-0.2, 0) is 9.47 Å². The summed E-state index contributed by atoms with van der Waals surface area (Å²) in [6.07, 6.45) is 1.90. The number of ether oxygens (including phenoxy) is 4. The number of nitrogens with zero attached hydrogens (tertiary/aromatic N) is 1. The molecule has 3 unspecified atom stereocenters. The summed E-state index contributed by atoms with van der Waals surface area (Å²) >= 11 is 0. The fraction of sp³-hybridized carbons (Fsp3) is 0.611. The predicted octanol–water partition coefficient (Wildman–Crippen LogP) is 1.87. The van der Waals surface area contributed by atoms with E-state index in [0.29, 0.717) is 50.0 Å². The molecule has 1 saturated heterocycles. The monoisotopic (exact) mass is 333 g/mol. The van der Waals surface area contributed by atoms with Gasteiger partial charge in [-0.25, -0.2) is 0 Å². The van der Waals surface area contributed by atoms with Crippen LogP contribution in [0.3, 0.4) is 0 Å². The number of rotatable bonds is 3. The first-order valence-corrected chi connectivity index (χ1v) is 8.72. The Morgan fingerprint density at radius 3 is 3.00 bits per heavy atom. The van der Waals surface area contributed by atoms with Gasteiger partial charge in [0, 0.05) is 13.2 Å². The maximum absolute atomic E-state index is 13.2. The van der Waals surface area contributed by atoms with Crippen molar-refractivity contribution in [3.63, 3.8) is 0 Å². The zero-order chi connectivity index (χ0) is 16.5. The lowest BCUT2D eigenvalue weighted by atomic mass is 10.1. The Hall–Kier alpha value is -1.79. The van der Waals surface area contributed by atoms with E-state index in [4.69, 9.17) is 18.9 Å². The van der Waals surface area contributed by atoms with Crippen molar-refractivity contribution in [1.29, 1.82) is 0 Å². The van der Waals surface area contributed by atoms with Gasteiger partial charge in [0.2, 0.25) is 0 Å². The third-order valence-corrected chi connectivity index (χ3v) is 4.97. The van der Waals surface area contributed by atoms with Gasteiger partial charge in [-0.3, -0.25) is 4.79 Å². The summed E-state index contributed by atoms with van der Waals surface area (Å²) in [5.41, 5.74) is 0.563. The highest BCUT2D eigenvalue weighted by atomic mass is 16.6. The van der Waals surface area contributed by atoms with Gasteiger partial charge >= 0.3 is 0 Å². The molecule has 1 aliphatic carbocycles. The van der Waals surface area contributed by atoms with E-state index in [9.17, 15) is 4.79 Å². The first-order chi connectivity index (χ1) is 11.8. The minimum atomic E-state index is -0.0434. The van der Waals surface area contributed by atoms with E-state index in [1.807, 2.05) is 30.0 Å². The van der Waals surface area contributed by atoms with Crippen LogP contribution in [0, 0.1) is 0 Å². The van der Waals surface area contributed by atoms with Crippen molar-refractivity contribution in [1.82, 2.24) is 4.90 Å². The van der Waals surface area contributed by atoms with Crippen molar-refractivity contribution in [2.24, 2.45) is 0 Å². The Morgan fingerprint density at radius 2 is 2.12 bits per heavy atom. The summed E-state index contributed by atoms with van der Waals surface area (Å²) < 4.78 is 23.1. The van der Waals surface area contributed by atoms with Crippen LogP contribution in [-0.4, -0.2) is 62.0 Å². The van der Waals surface area contributed by atoms with Crippen molar-refractivity contribution in [3.05, 3.63) is 23.8 Å². The van der Waals surface area contributed by atoms with Gasteiger partial charge in [0.05, 0.1) is 24.3 Å². The quantitative estimate of drug-likeness (QED) is 0.845. The molecule has 6 heteroatoms. The lowest BCUT2D eigenvalue weighted by Gasteiger charge is -2.32. The number of fused-ring (bicyclic) bond motifs is 3. The topological polar surface area (TPSA) is 57.2 Å². The molecule has 1 amide bonds. The van der Waals surface area contributed by atoms with E-state index >= 15 is 0 Å². The molecule has 24 heavy (non-hydrogen) atoms. The Balaban J connectivity index is 1.64. The van der Waals surface area contributed by atoms with Crippen LogP contribution in [0.15, 0.2) is 18.2 Å². The molecule has 1 aromatic rings. The molecule has 0 N–H and O–H groups in total. The van der Waals surface area contributed by atoms with E-state index in [1.165, 1.54) is 0 Å².